The van der Waals surface area contributed by atoms with E-state index in [0.717, 1.165) is 0 Å². The van der Waals surface area contributed by atoms with Crippen LogP contribution in [0.3, 0.4) is 0 Å². The van der Waals surface area contributed by atoms with Gasteiger partial charge in [-0.3, -0.25) is 0 Å². The number of carbonyl (C=O) groups excluding carboxylic acids is 1. The summed E-state index contributed by atoms with van der Waals surface area (Å²) in [6.45, 7) is 1.72. The first-order valence-corrected chi connectivity index (χ1v) is 5.24. The molecule has 0 aliphatic heterocycles. The van der Waals surface area contributed by atoms with E-state index in [0.29, 0.717) is 5.69 Å². The fourth-order valence-corrected chi connectivity index (χ4v) is 1.46. The maximum atomic E-state index is 11.4. The van der Waals surface area contributed by atoms with Gasteiger partial charge in [0.05, 0.1) is 19.0 Å². The SMILES string of the molecule is COC(=O)c1nn(-c2nc(C)cc(C#N)n2)cc1N. The van der Waals surface area contributed by atoms with Gasteiger partial charge in [0.1, 0.15) is 11.8 Å². The van der Waals surface area contributed by atoms with Gasteiger partial charge in [-0.15, -0.1) is 0 Å². The third-order valence-corrected chi connectivity index (χ3v) is 2.28. The minimum absolute atomic E-state index is 0.0221. The molecule has 0 saturated heterocycles. The summed E-state index contributed by atoms with van der Waals surface area (Å²) in [5, 5.41) is 12.8. The van der Waals surface area contributed by atoms with Gasteiger partial charge in [0.25, 0.3) is 5.95 Å². The highest BCUT2D eigenvalue weighted by Gasteiger charge is 2.17. The van der Waals surface area contributed by atoms with Crippen LogP contribution < -0.4 is 5.73 Å². The molecule has 0 saturated carbocycles. The van der Waals surface area contributed by atoms with Crippen LogP contribution in [0.2, 0.25) is 0 Å². The van der Waals surface area contributed by atoms with Crippen LogP contribution in [0.15, 0.2) is 12.3 Å². The molecule has 0 fully saturated rings. The Morgan fingerprint density at radius 2 is 2.26 bits per heavy atom. The van der Waals surface area contributed by atoms with Crippen molar-refractivity contribution in [3.05, 3.63) is 29.3 Å². The number of nitrogen functional groups attached to an aromatic ring is 1. The van der Waals surface area contributed by atoms with E-state index in [1.54, 1.807) is 6.92 Å². The first kappa shape index (κ1) is 12.5. The number of rotatable bonds is 2. The number of aromatic nitrogens is 4. The van der Waals surface area contributed by atoms with E-state index < -0.39 is 5.97 Å². The second-order valence-corrected chi connectivity index (χ2v) is 3.68. The molecule has 0 unspecified atom stereocenters. The number of anilines is 1. The van der Waals surface area contributed by atoms with Crippen molar-refractivity contribution in [2.75, 3.05) is 12.8 Å². The van der Waals surface area contributed by atoms with Crippen molar-refractivity contribution >= 4 is 11.7 Å². The highest BCUT2D eigenvalue weighted by molar-refractivity contribution is 5.92. The summed E-state index contributed by atoms with van der Waals surface area (Å²) < 4.78 is 5.78. The lowest BCUT2D eigenvalue weighted by atomic mass is 10.3. The monoisotopic (exact) mass is 258 g/mol. The molecule has 0 aromatic carbocycles. The van der Waals surface area contributed by atoms with Crippen LogP contribution in [0.4, 0.5) is 5.69 Å². The van der Waals surface area contributed by atoms with Crippen LogP contribution in [-0.4, -0.2) is 32.8 Å². The van der Waals surface area contributed by atoms with Crippen molar-refractivity contribution in [1.82, 2.24) is 19.7 Å². The van der Waals surface area contributed by atoms with Gasteiger partial charge < -0.3 is 10.5 Å². The summed E-state index contributed by atoms with van der Waals surface area (Å²) in [5.74, 6) is -0.484. The van der Waals surface area contributed by atoms with Crippen LogP contribution in [0.1, 0.15) is 21.9 Å². The molecule has 8 nitrogen and oxygen atoms in total. The maximum Gasteiger partial charge on any atom is 0.360 e. The van der Waals surface area contributed by atoms with Crippen molar-refractivity contribution in [3.8, 4) is 12.0 Å². The van der Waals surface area contributed by atoms with Gasteiger partial charge >= 0.3 is 5.97 Å². The predicted molar refractivity (Wildman–Crippen MR) is 64.4 cm³/mol. The fraction of sp³-hybridized carbons (Fsp3) is 0.182. The number of ether oxygens (including phenoxy) is 1. The van der Waals surface area contributed by atoms with Gasteiger partial charge in [0.15, 0.2) is 5.69 Å². The molecule has 2 heterocycles. The number of nitrogens with two attached hydrogens (primary N) is 1. The Kier molecular flexibility index (Phi) is 3.12. The van der Waals surface area contributed by atoms with Crippen LogP contribution in [-0.2, 0) is 4.74 Å². The lowest BCUT2D eigenvalue weighted by molar-refractivity contribution is 0.0594. The van der Waals surface area contributed by atoms with Crippen LogP contribution in [0, 0.1) is 18.3 Å². The predicted octanol–water partition coefficient (Wildman–Crippen LogP) is 0.211. The Morgan fingerprint density at radius 1 is 1.53 bits per heavy atom. The van der Waals surface area contributed by atoms with Crippen molar-refractivity contribution in [3.63, 3.8) is 0 Å². The number of nitrogens with zero attached hydrogens (tertiary/aromatic N) is 5. The Hall–Kier alpha value is -2.95. The second kappa shape index (κ2) is 4.73. The summed E-state index contributed by atoms with van der Waals surface area (Å²) in [4.78, 5) is 19.5. The highest BCUT2D eigenvalue weighted by atomic mass is 16.5. The number of aryl methyl sites for hydroxylation is 1. The minimum atomic E-state index is -0.649. The van der Waals surface area contributed by atoms with Crippen molar-refractivity contribution < 1.29 is 9.53 Å². The summed E-state index contributed by atoms with van der Waals surface area (Å²) in [7, 11) is 1.23. The van der Waals surface area contributed by atoms with E-state index in [4.69, 9.17) is 11.0 Å². The zero-order valence-corrected chi connectivity index (χ0v) is 10.3. The normalized spacial score (nSPS) is 9.95. The quantitative estimate of drug-likeness (QED) is 0.764. The lowest BCUT2D eigenvalue weighted by Gasteiger charge is -2.00. The second-order valence-electron chi connectivity index (χ2n) is 3.68. The van der Waals surface area contributed by atoms with Gasteiger partial charge in [-0.1, -0.05) is 0 Å². The van der Waals surface area contributed by atoms with Gasteiger partial charge in [-0.05, 0) is 13.0 Å². The Bertz CT molecular complexity index is 685. The summed E-state index contributed by atoms with van der Waals surface area (Å²) in [5.41, 5.74) is 6.60. The van der Waals surface area contributed by atoms with Crippen LogP contribution >= 0.6 is 0 Å². The molecule has 0 atom stereocenters. The van der Waals surface area contributed by atoms with Gasteiger partial charge in [0, 0.05) is 5.69 Å². The van der Waals surface area contributed by atoms with Gasteiger partial charge in [0.2, 0.25) is 0 Å². The molecule has 0 radical (unpaired) electrons. The van der Waals surface area contributed by atoms with Crippen LogP contribution in [0.25, 0.3) is 5.95 Å². The standard InChI is InChI=1S/C11H10N6O2/c1-6-3-7(4-12)15-11(14-6)17-5-8(13)9(16-17)10(18)19-2/h3,5H,13H2,1-2H3. The smallest absolute Gasteiger partial charge is 0.360 e. The molecule has 0 spiro atoms. The van der Waals surface area contributed by atoms with Crippen molar-refractivity contribution in [2.24, 2.45) is 0 Å². The average Bonchev–Trinajstić information content (AvgIpc) is 2.79. The zero-order valence-electron chi connectivity index (χ0n) is 10.3. The number of methoxy groups -OCH3 is 1. The largest absolute Gasteiger partial charge is 0.464 e. The lowest BCUT2D eigenvalue weighted by Crippen LogP contribution is -2.08. The third kappa shape index (κ3) is 2.35. The first-order chi connectivity index (χ1) is 9.05. The summed E-state index contributed by atoms with van der Waals surface area (Å²) in [6.07, 6.45) is 1.39. The van der Waals surface area contributed by atoms with Crippen molar-refractivity contribution in [1.29, 1.82) is 5.26 Å². The molecule has 8 heteroatoms. The molecule has 2 aromatic rings. The zero-order chi connectivity index (χ0) is 14.0. The molecule has 0 aliphatic rings. The number of hydrogen-bond donors (Lipinski definition) is 1. The molecule has 2 rings (SSSR count). The molecule has 2 N–H and O–H groups in total. The topological polar surface area (TPSA) is 120 Å². The first-order valence-electron chi connectivity index (χ1n) is 5.24. The van der Waals surface area contributed by atoms with E-state index >= 15 is 0 Å². The molecule has 19 heavy (non-hydrogen) atoms. The molecule has 2 aromatic heterocycles. The van der Waals surface area contributed by atoms with E-state index in [1.807, 2.05) is 6.07 Å². The van der Waals surface area contributed by atoms with E-state index in [1.165, 1.54) is 24.1 Å². The Labute approximate surface area is 108 Å². The highest BCUT2D eigenvalue weighted by Crippen LogP contribution is 2.13. The number of esters is 1. The Balaban J connectivity index is 2.51. The molecular weight excluding hydrogens is 248 g/mol. The molecule has 0 bridgehead atoms. The third-order valence-electron chi connectivity index (χ3n) is 2.28. The summed E-state index contributed by atoms with van der Waals surface area (Å²) >= 11 is 0. The average molecular weight is 258 g/mol. The van der Waals surface area contributed by atoms with Gasteiger partial charge in [-0.2, -0.15) is 10.4 Å². The van der Waals surface area contributed by atoms with Gasteiger partial charge in [-0.25, -0.2) is 19.4 Å². The fourth-order valence-electron chi connectivity index (χ4n) is 1.46. The number of hydrogen-bond acceptors (Lipinski definition) is 7. The number of carbonyl (C=O) groups is 1. The molecule has 0 amide bonds. The molecule has 96 valence electrons. The maximum absolute atomic E-state index is 11.4. The Morgan fingerprint density at radius 3 is 2.89 bits per heavy atom. The van der Waals surface area contributed by atoms with Crippen LogP contribution in [0.5, 0.6) is 0 Å². The van der Waals surface area contributed by atoms with Crippen molar-refractivity contribution in [2.45, 2.75) is 6.92 Å². The molecular formula is C11H10N6O2. The molecule has 0 aliphatic carbocycles. The minimum Gasteiger partial charge on any atom is -0.464 e. The van der Waals surface area contributed by atoms with E-state index in [2.05, 4.69) is 19.8 Å². The van der Waals surface area contributed by atoms with E-state index in [-0.39, 0.29) is 23.0 Å². The summed E-state index contributed by atoms with van der Waals surface area (Å²) in [6, 6.07) is 3.46. The number of nitriles is 1. The van der Waals surface area contributed by atoms with E-state index in [9.17, 15) is 4.79 Å².